The van der Waals surface area contributed by atoms with Crippen LogP contribution in [0.2, 0.25) is 0 Å². The van der Waals surface area contributed by atoms with E-state index < -0.39 is 0 Å². The van der Waals surface area contributed by atoms with Gasteiger partial charge in [-0.25, -0.2) is 0 Å². The van der Waals surface area contributed by atoms with Crippen molar-refractivity contribution in [3.63, 3.8) is 0 Å². The van der Waals surface area contributed by atoms with Crippen molar-refractivity contribution in [2.45, 2.75) is 71.3 Å². The second-order valence-electron chi connectivity index (χ2n) is 3.72. The van der Waals surface area contributed by atoms with Crippen molar-refractivity contribution in [2.75, 3.05) is 0 Å². The van der Waals surface area contributed by atoms with Crippen molar-refractivity contribution in [2.24, 2.45) is 5.73 Å². The first-order valence-corrected chi connectivity index (χ1v) is 5.56. The van der Waals surface area contributed by atoms with E-state index in [1.54, 1.807) is 0 Å². The number of hydrogen-bond acceptors (Lipinski definition) is 1. The molecule has 0 aliphatic carbocycles. The van der Waals surface area contributed by atoms with Gasteiger partial charge in [-0.15, -0.1) is 0 Å². The Balaban J connectivity index is 2.90. The van der Waals surface area contributed by atoms with E-state index in [0.29, 0.717) is 6.04 Å². The minimum absolute atomic E-state index is 0.455. The summed E-state index contributed by atoms with van der Waals surface area (Å²) < 4.78 is 0. The highest BCUT2D eigenvalue weighted by molar-refractivity contribution is 4.57. The quantitative estimate of drug-likeness (QED) is 0.556. The Morgan fingerprint density at radius 3 is 2.08 bits per heavy atom. The summed E-state index contributed by atoms with van der Waals surface area (Å²) in [7, 11) is 0. The zero-order chi connectivity index (χ0) is 9.23. The zero-order valence-electron chi connectivity index (χ0n) is 8.81. The molecule has 1 heteroatoms. The largest absolute Gasteiger partial charge is 0.328 e. The minimum Gasteiger partial charge on any atom is -0.328 e. The maximum Gasteiger partial charge on any atom is 0.00362 e. The molecular weight excluding hydrogens is 146 g/mol. The molecule has 0 rings (SSSR count). The molecule has 0 aromatic rings. The Bertz CT molecular complexity index is 81.1. The second-order valence-corrected chi connectivity index (χ2v) is 3.72. The molecule has 0 fully saturated rings. The zero-order valence-corrected chi connectivity index (χ0v) is 8.81. The van der Waals surface area contributed by atoms with Gasteiger partial charge in [0.15, 0.2) is 0 Å². The number of rotatable bonds is 8. The van der Waals surface area contributed by atoms with Crippen LogP contribution >= 0.6 is 0 Å². The lowest BCUT2D eigenvalue weighted by Crippen LogP contribution is -2.17. The normalized spacial score (nSPS) is 13.2. The summed E-state index contributed by atoms with van der Waals surface area (Å²) in [5.74, 6) is 0. The third kappa shape index (κ3) is 8.06. The van der Waals surface area contributed by atoms with Gasteiger partial charge in [0.2, 0.25) is 0 Å². The fraction of sp³-hybridized carbons (Fsp3) is 1.00. The first-order chi connectivity index (χ1) is 5.81. The van der Waals surface area contributed by atoms with Gasteiger partial charge >= 0.3 is 0 Å². The van der Waals surface area contributed by atoms with E-state index in [9.17, 15) is 0 Å². The van der Waals surface area contributed by atoms with E-state index >= 15 is 0 Å². The average Bonchev–Trinajstić information content (AvgIpc) is 2.10. The van der Waals surface area contributed by atoms with Gasteiger partial charge in [0.05, 0.1) is 0 Å². The summed E-state index contributed by atoms with van der Waals surface area (Å²) in [5, 5.41) is 0. The molecule has 0 bridgehead atoms. The molecular formula is C11H25N. The van der Waals surface area contributed by atoms with Gasteiger partial charge in [0.25, 0.3) is 0 Å². The molecule has 0 aromatic carbocycles. The molecule has 0 radical (unpaired) electrons. The third-order valence-corrected chi connectivity index (χ3v) is 2.45. The first kappa shape index (κ1) is 12.0. The van der Waals surface area contributed by atoms with Crippen molar-refractivity contribution in [3.05, 3.63) is 0 Å². The molecule has 0 spiro atoms. The van der Waals surface area contributed by atoms with E-state index in [1.165, 1.54) is 44.9 Å². The van der Waals surface area contributed by atoms with Gasteiger partial charge in [-0.3, -0.25) is 0 Å². The molecule has 0 amide bonds. The maximum atomic E-state index is 5.81. The third-order valence-electron chi connectivity index (χ3n) is 2.45. The minimum atomic E-state index is 0.455. The summed E-state index contributed by atoms with van der Waals surface area (Å²) in [4.78, 5) is 0. The van der Waals surface area contributed by atoms with Crippen molar-refractivity contribution in [3.8, 4) is 0 Å². The van der Waals surface area contributed by atoms with E-state index in [0.717, 1.165) is 6.42 Å². The van der Waals surface area contributed by atoms with Crippen LogP contribution in [0.25, 0.3) is 0 Å². The highest BCUT2D eigenvalue weighted by Crippen LogP contribution is 2.08. The van der Waals surface area contributed by atoms with Gasteiger partial charge in [-0.2, -0.15) is 0 Å². The standard InChI is InChI=1S/C11H25N/c1-3-5-6-7-8-9-10-11(12)4-2/h11H,3-10,12H2,1-2H3. The molecule has 12 heavy (non-hydrogen) atoms. The summed E-state index contributed by atoms with van der Waals surface area (Å²) >= 11 is 0. The summed E-state index contributed by atoms with van der Waals surface area (Å²) in [6.45, 7) is 4.43. The highest BCUT2D eigenvalue weighted by Gasteiger charge is 1.97. The Hall–Kier alpha value is -0.0400. The number of nitrogens with two attached hydrogens (primary N) is 1. The number of hydrogen-bond donors (Lipinski definition) is 1. The lowest BCUT2D eigenvalue weighted by atomic mass is 10.1. The van der Waals surface area contributed by atoms with E-state index in [2.05, 4.69) is 13.8 Å². The molecule has 0 aliphatic heterocycles. The van der Waals surface area contributed by atoms with Gasteiger partial charge in [0, 0.05) is 6.04 Å². The van der Waals surface area contributed by atoms with Crippen LogP contribution in [0, 0.1) is 0 Å². The molecule has 0 saturated carbocycles. The van der Waals surface area contributed by atoms with Crippen LogP contribution in [0.1, 0.15) is 65.2 Å². The Morgan fingerprint density at radius 2 is 1.50 bits per heavy atom. The lowest BCUT2D eigenvalue weighted by molar-refractivity contribution is 0.526. The topological polar surface area (TPSA) is 26.0 Å². The smallest absolute Gasteiger partial charge is 0.00362 e. The molecule has 0 heterocycles. The monoisotopic (exact) mass is 171 g/mol. The van der Waals surface area contributed by atoms with Crippen LogP contribution in [0.3, 0.4) is 0 Å². The molecule has 1 atom stereocenters. The fourth-order valence-electron chi connectivity index (χ4n) is 1.39. The van der Waals surface area contributed by atoms with Crippen LogP contribution in [-0.2, 0) is 0 Å². The average molecular weight is 171 g/mol. The SMILES string of the molecule is CCCCCCCCC(N)CC. The van der Waals surface area contributed by atoms with Gasteiger partial charge in [0.1, 0.15) is 0 Å². The van der Waals surface area contributed by atoms with E-state index in [1.807, 2.05) is 0 Å². The molecule has 2 N–H and O–H groups in total. The molecule has 0 aliphatic rings. The maximum absolute atomic E-state index is 5.81. The fourth-order valence-corrected chi connectivity index (χ4v) is 1.39. The van der Waals surface area contributed by atoms with Crippen molar-refractivity contribution in [1.29, 1.82) is 0 Å². The Labute approximate surface area is 77.7 Å². The van der Waals surface area contributed by atoms with Crippen LogP contribution in [0.15, 0.2) is 0 Å². The lowest BCUT2D eigenvalue weighted by Gasteiger charge is -2.07. The Morgan fingerprint density at radius 1 is 0.917 bits per heavy atom. The van der Waals surface area contributed by atoms with Crippen LogP contribution in [-0.4, -0.2) is 6.04 Å². The Kier molecular flexibility index (Phi) is 9.02. The van der Waals surface area contributed by atoms with Gasteiger partial charge < -0.3 is 5.73 Å². The van der Waals surface area contributed by atoms with Crippen LogP contribution in [0.5, 0.6) is 0 Å². The summed E-state index contributed by atoms with van der Waals surface area (Å²) in [5.41, 5.74) is 5.81. The first-order valence-electron chi connectivity index (χ1n) is 5.56. The van der Waals surface area contributed by atoms with Gasteiger partial charge in [-0.1, -0.05) is 52.4 Å². The van der Waals surface area contributed by atoms with Crippen molar-refractivity contribution >= 4 is 0 Å². The molecule has 1 nitrogen and oxygen atoms in total. The van der Waals surface area contributed by atoms with Crippen molar-refractivity contribution in [1.82, 2.24) is 0 Å². The molecule has 0 aromatic heterocycles. The predicted octanol–water partition coefficient (Wildman–Crippen LogP) is 3.47. The summed E-state index contributed by atoms with van der Waals surface area (Å²) in [6, 6.07) is 0.455. The number of unbranched alkanes of at least 4 members (excludes halogenated alkanes) is 5. The van der Waals surface area contributed by atoms with E-state index in [4.69, 9.17) is 5.73 Å². The van der Waals surface area contributed by atoms with Crippen LogP contribution < -0.4 is 5.73 Å². The molecule has 74 valence electrons. The second kappa shape index (κ2) is 9.05. The molecule has 0 saturated heterocycles. The predicted molar refractivity (Wildman–Crippen MR) is 56.3 cm³/mol. The molecule has 1 unspecified atom stereocenters. The van der Waals surface area contributed by atoms with E-state index in [-0.39, 0.29) is 0 Å². The van der Waals surface area contributed by atoms with Gasteiger partial charge in [-0.05, 0) is 12.8 Å². The van der Waals surface area contributed by atoms with Crippen LogP contribution in [0.4, 0.5) is 0 Å². The van der Waals surface area contributed by atoms with Crippen molar-refractivity contribution < 1.29 is 0 Å². The summed E-state index contributed by atoms with van der Waals surface area (Å²) in [6.07, 6.45) is 10.6. The highest BCUT2D eigenvalue weighted by atomic mass is 14.6.